The van der Waals surface area contributed by atoms with Crippen LogP contribution in [-0.2, 0) is 16.4 Å². The van der Waals surface area contributed by atoms with Gasteiger partial charge in [-0.05, 0) is 23.3 Å². The van der Waals surface area contributed by atoms with Gasteiger partial charge in [-0.25, -0.2) is 8.42 Å². The molecular weight excluding hydrogens is 294 g/mol. The molecule has 1 aliphatic rings. The molecule has 5 heteroatoms. The van der Waals surface area contributed by atoms with Gasteiger partial charge < -0.3 is 0 Å². The van der Waals surface area contributed by atoms with Gasteiger partial charge in [-0.15, -0.1) is 0 Å². The van der Waals surface area contributed by atoms with Crippen molar-refractivity contribution in [2.24, 2.45) is 0 Å². The molecule has 3 nitrogen and oxygen atoms in total. The largest absolute Gasteiger partial charge is 0.282 e. The summed E-state index contributed by atoms with van der Waals surface area (Å²) in [5.41, 5.74) is 2.44. The van der Waals surface area contributed by atoms with Gasteiger partial charge in [-0.2, -0.15) is 0 Å². The lowest BCUT2D eigenvalue weighted by molar-refractivity contribution is 0.588. The summed E-state index contributed by atoms with van der Waals surface area (Å²) in [5, 5.41) is 0.472. The highest BCUT2D eigenvalue weighted by Crippen LogP contribution is 2.34. The molecule has 0 unspecified atom stereocenters. The molecule has 0 spiro atoms. The van der Waals surface area contributed by atoms with Crippen molar-refractivity contribution in [3.63, 3.8) is 0 Å². The molecule has 102 valence electrons. The van der Waals surface area contributed by atoms with Crippen LogP contribution in [0, 0.1) is 0 Å². The predicted octanol–water partition coefficient (Wildman–Crippen LogP) is 3.13. The fourth-order valence-electron chi connectivity index (χ4n) is 2.22. The molecule has 0 bridgehead atoms. The Hall–Kier alpha value is -1.78. The zero-order valence-electron chi connectivity index (χ0n) is 10.5. The number of hydrogen-bond acceptors (Lipinski definition) is 2. The van der Waals surface area contributed by atoms with E-state index in [1.165, 1.54) is 0 Å². The minimum absolute atomic E-state index is 0.230. The molecule has 0 aromatic heterocycles. The minimum Gasteiger partial charge on any atom is -0.282 e. The highest BCUT2D eigenvalue weighted by Gasteiger charge is 2.24. The molecule has 2 aromatic carbocycles. The predicted molar refractivity (Wildman–Crippen MR) is 79.7 cm³/mol. The molecule has 20 heavy (non-hydrogen) atoms. The maximum Gasteiger partial charge on any atom is 0.261 e. The number of sulfonamides is 1. The quantitative estimate of drug-likeness (QED) is 0.947. The van der Waals surface area contributed by atoms with Crippen molar-refractivity contribution < 1.29 is 8.42 Å². The molecular formula is C15H12ClNO2S. The fraction of sp³-hybridized carbons (Fsp3) is 0.0667. The summed E-state index contributed by atoms with van der Waals surface area (Å²) in [4.78, 5) is 0.230. The maximum absolute atomic E-state index is 12.3. The molecule has 0 fully saturated rings. The van der Waals surface area contributed by atoms with E-state index in [0.29, 0.717) is 17.2 Å². The Bertz CT molecular complexity index is 783. The summed E-state index contributed by atoms with van der Waals surface area (Å²) in [7, 11) is -3.59. The second kappa shape index (κ2) is 4.96. The average Bonchev–Trinajstić information content (AvgIpc) is 2.76. The molecule has 0 saturated heterocycles. The number of halogens is 1. The van der Waals surface area contributed by atoms with E-state index in [1.54, 1.807) is 30.3 Å². The summed E-state index contributed by atoms with van der Waals surface area (Å²) < 4.78 is 27.1. The number of benzene rings is 2. The van der Waals surface area contributed by atoms with Crippen LogP contribution in [0.5, 0.6) is 0 Å². The molecule has 2 aromatic rings. The van der Waals surface area contributed by atoms with Crippen molar-refractivity contribution in [1.82, 2.24) is 4.72 Å². The van der Waals surface area contributed by atoms with Crippen LogP contribution in [0.15, 0.2) is 65.2 Å². The van der Waals surface area contributed by atoms with Gasteiger partial charge in [-0.1, -0.05) is 54.1 Å². The molecule has 1 aliphatic carbocycles. The van der Waals surface area contributed by atoms with Crippen LogP contribution in [0.4, 0.5) is 0 Å². The van der Waals surface area contributed by atoms with Crippen molar-refractivity contribution in [3.8, 4) is 0 Å². The topological polar surface area (TPSA) is 46.2 Å². The van der Waals surface area contributed by atoms with Gasteiger partial charge in [0.05, 0.1) is 9.93 Å². The first kappa shape index (κ1) is 13.2. The summed E-state index contributed by atoms with van der Waals surface area (Å²) in [5.74, 6) is 0. The monoisotopic (exact) mass is 305 g/mol. The van der Waals surface area contributed by atoms with Crippen LogP contribution in [0.25, 0.3) is 5.03 Å². The Morgan fingerprint density at radius 2 is 1.60 bits per heavy atom. The third kappa shape index (κ3) is 2.32. The van der Waals surface area contributed by atoms with E-state index in [0.717, 1.165) is 11.1 Å². The normalized spacial score (nSPS) is 14.2. The molecule has 0 amide bonds. The molecule has 0 atom stereocenters. The first-order valence-electron chi connectivity index (χ1n) is 6.13. The van der Waals surface area contributed by atoms with E-state index in [-0.39, 0.29) is 4.90 Å². The second-order valence-electron chi connectivity index (χ2n) is 4.55. The zero-order chi connectivity index (χ0) is 14.2. The van der Waals surface area contributed by atoms with Crippen LogP contribution >= 0.6 is 11.6 Å². The van der Waals surface area contributed by atoms with Gasteiger partial charge in [-0.3, -0.25) is 4.72 Å². The number of rotatable bonds is 3. The molecule has 3 rings (SSSR count). The van der Waals surface area contributed by atoms with Crippen LogP contribution < -0.4 is 4.72 Å². The number of allylic oxidation sites excluding steroid dienone is 1. The lowest BCUT2D eigenvalue weighted by Gasteiger charge is -2.09. The van der Waals surface area contributed by atoms with Gasteiger partial charge in [0.1, 0.15) is 0 Å². The molecule has 0 aliphatic heterocycles. The van der Waals surface area contributed by atoms with E-state index < -0.39 is 10.0 Å². The minimum atomic E-state index is -3.59. The lowest BCUT2D eigenvalue weighted by atomic mass is 10.1. The summed E-state index contributed by atoms with van der Waals surface area (Å²) in [6.45, 7) is 0. The Labute approximate surface area is 123 Å². The van der Waals surface area contributed by atoms with E-state index in [4.69, 9.17) is 11.6 Å². The first-order valence-corrected chi connectivity index (χ1v) is 7.99. The summed E-state index contributed by atoms with van der Waals surface area (Å²) in [6.07, 6.45) is 0.501. The van der Waals surface area contributed by atoms with Crippen molar-refractivity contribution in [1.29, 1.82) is 0 Å². The molecule has 0 radical (unpaired) electrons. The fourth-order valence-corrected chi connectivity index (χ4v) is 3.71. The standard InChI is InChI=1S/C15H12ClNO2S/c16-15-13-9-5-4-6-11(13)10-14(15)17-20(18,19)12-7-2-1-3-8-12/h1-9,17H,10H2. The smallest absolute Gasteiger partial charge is 0.261 e. The maximum atomic E-state index is 12.3. The Kier molecular flexibility index (Phi) is 3.28. The Balaban J connectivity index is 1.93. The van der Waals surface area contributed by atoms with Gasteiger partial charge in [0.15, 0.2) is 0 Å². The Morgan fingerprint density at radius 3 is 2.30 bits per heavy atom. The van der Waals surface area contributed by atoms with Crippen LogP contribution in [0.3, 0.4) is 0 Å². The van der Waals surface area contributed by atoms with Crippen LogP contribution in [-0.4, -0.2) is 8.42 Å². The zero-order valence-corrected chi connectivity index (χ0v) is 12.1. The van der Waals surface area contributed by atoms with E-state index in [2.05, 4.69) is 4.72 Å². The van der Waals surface area contributed by atoms with E-state index in [9.17, 15) is 8.42 Å². The average molecular weight is 306 g/mol. The van der Waals surface area contributed by atoms with Gasteiger partial charge in [0, 0.05) is 12.1 Å². The summed E-state index contributed by atoms with van der Waals surface area (Å²) >= 11 is 6.25. The van der Waals surface area contributed by atoms with Gasteiger partial charge in [0.25, 0.3) is 10.0 Å². The molecule has 0 heterocycles. The van der Waals surface area contributed by atoms with Crippen molar-refractivity contribution in [3.05, 3.63) is 71.4 Å². The molecule has 1 N–H and O–H groups in total. The van der Waals surface area contributed by atoms with E-state index >= 15 is 0 Å². The van der Waals surface area contributed by atoms with Crippen molar-refractivity contribution >= 4 is 26.7 Å². The number of fused-ring (bicyclic) bond motifs is 1. The first-order chi connectivity index (χ1) is 9.58. The second-order valence-corrected chi connectivity index (χ2v) is 6.61. The highest BCUT2D eigenvalue weighted by molar-refractivity contribution is 7.89. The van der Waals surface area contributed by atoms with Gasteiger partial charge >= 0.3 is 0 Å². The van der Waals surface area contributed by atoms with Gasteiger partial charge in [0.2, 0.25) is 0 Å². The van der Waals surface area contributed by atoms with Crippen molar-refractivity contribution in [2.75, 3.05) is 0 Å². The number of hydrogen-bond donors (Lipinski definition) is 1. The van der Waals surface area contributed by atoms with E-state index in [1.807, 2.05) is 24.3 Å². The third-order valence-corrected chi connectivity index (χ3v) is 5.04. The molecule has 0 saturated carbocycles. The van der Waals surface area contributed by atoms with Crippen LogP contribution in [0.2, 0.25) is 0 Å². The lowest BCUT2D eigenvalue weighted by Crippen LogP contribution is -2.23. The number of nitrogens with one attached hydrogen (secondary N) is 1. The third-order valence-electron chi connectivity index (χ3n) is 3.20. The summed E-state index contributed by atoms with van der Waals surface area (Å²) in [6, 6.07) is 15.9. The van der Waals surface area contributed by atoms with Crippen molar-refractivity contribution in [2.45, 2.75) is 11.3 Å². The Morgan fingerprint density at radius 1 is 0.950 bits per heavy atom. The SMILES string of the molecule is O=S(=O)(NC1=C(Cl)c2ccccc2C1)c1ccccc1. The highest BCUT2D eigenvalue weighted by atomic mass is 35.5. The van der Waals surface area contributed by atoms with Crippen LogP contribution in [0.1, 0.15) is 11.1 Å².